The predicted octanol–water partition coefficient (Wildman–Crippen LogP) is 9.64. The van der Waals surface area contributed by atoms with E-state index < -0.39 is 58.9 Å². The van der Waals surface area contributed by atoms with Gasteiger partial charge in [-0.1, -0.05) is 77.9 Å². The summed E-state index contributed by atoms with van der Waals surface area (Å²) in [6.07, 6.45) is -0.172. The van der Waals surface area contributed by atoms with Crippen LogP contribution in [0.4, 0.5) is 0 Å². The normalized spacial score (nSPS) is 13.5. The number of hydrogen-bond donors (Lipinski definition) is 3. The number of nitrogens with one attached hydrogen (secondary N) is 2. The Balaban J connectivity index is 0.965. The second-order valence-electron chi connectivity index (χ2n) is 21.9. The number of para-hydroxylation sites is 1. The average Bonchev–Trinajstić information content (AvgIpc) is 4.26. The first-order valence-electron chi connectivity index (χ1n) is 26.2. The van der Waals surface area contributed by atoms with Crippen molar-refractivity contribution in [2.24, 2.45) is 9.98 Å². The SMILES string of the molecule is Cc1cc(C(C)(C)C)c(OC(=O)c2cc(=O)c3c(OCC(COc4cccc5oc(C(=O)Oc6c(C(C)(C)C)cc(C)c(CC7=NCCN7)c6C)cc(=O)c45)OC(=O)c4ccccc4O)cccc3o2)c(C)c1CC1=NCCN1. The number of aliphatic imine (C=N–C) groups is 2. The molecule has 2 aromatic heterocycles. The monoisotopic (exact) mass is 1070 g/mol. The Morgan fingerprint density at radius 3 is 1.46 bits per heavy atom. The number of nitrogens with zero attached hydrogens (tertiary/aromatic N) is 2. The summed E-state index contributed by atoms with van der Waals surface area (Å²) in [4.78, 5) is 78.7. The van der Waals surface area contributed by atoms with Gasteiger partial charge in [0.15, 0.2) is 17.0 Å². The van der Waals surface area contributed by atoms with Gasteiger partial charge >= 0.3 is 17.9 Å². The number of fused-ring (bicyclic) bond motifs is 2. The molecule has 0 fully saturated rings. The van der Waals surface area contributed by atoms with Gasteiger partial charge in [-0.25, -0.2) is 14.4 Å². The highest BCUT2D eigenvalue weighted by atomic mass is 16.6. The average molecular weight is 1070 g/mol. The van der Waals surface area contributed by atoms with E-state index in [9.17, 15) is 29.1 Å². The number of phenolic OH excluding ortho intramolecular Hbond substituents is 1. The molecule has 0 aliphatic carbocycles. The van der Waals surface area contributed by atoms with Crippen molar-refractivity contribution in [3.8, 4) is 28.7 Å². The van der Waals surface area contributed by atoms with Crippen LogP contribution in [0.3, 0.4) is 0 Å². The minimum absolute atomic E-state index is 0.00954. The molecular formula is C62H64N4O13. The molecule has 5 aromatic carbocycles. The molecule has 17 nitrogen and oxygen atoms in total. The lowest BCUT2D eigenvalue weighted by atomic mass is 9.82. The van der Waals surface area contributed by atoms with Gasteiger partial charge in [0.1, 0.15) is 81.1 Å². The van der Waals surface area contributed by atoms with Crippen molar-refractivity contribution in [2.75, 3.05) is 39.4 Å². The molecular weight excluding hydrogens is 1010 g/mol. The maximum absolute atomic E-state index is 14.0. The second-order valence-corrected chi connectivity index (χ2v) is 21.9. The molecule has 4 heterocycles. The zero-order valence-corrected chi connectivity index (χ0v) is 46.1. The largest absolute Gasteiger partial charge is 0.507 e. The summed E-state index contributed by atoms with van der Waals surface area (Å²) in [6, 6.07) is 21.1. The fourth-order valence-electron chi connectivity index (χ4n) is 9.82. The van der Waals surface area contributed by atoms with E-state index in [1.165, 1.54) is 36.4 Å². The van der Waals surface area contributed by atoms with E-state index in [0.717, 1.165) is 81.4 Å². The highest BCUT2D eigenvalue weighted by molar-refractivity contribution is 5.95. The van der Waals surface area contributed by atoms with Crippen LogP contribution in [0.2, 0.25) is 0 Å². The van der Waals surface area contributed by atoms with Gasteiger partial charge in [0.2, 0.25) is 11.5 Å². The third-order valence-corrected chi connectivity index (χ3v) is 14.0. The summed E-state index contributed by atoms with van der Waals surface area (Å²) in [7, 11) is 0. The molecule has 0 amide bonds. The van der Waals surface area contributed by atoms with Crippen molar-refractivity contribution in [1.29, 1.82) is 0 Å². The number of esters is 3. The summed E-state index contributed by atoms with van der Waals surface area (Å²) in [6.45, 7) is 22.1. The van der Waals surface area contributed by atoms with Crippen molar-refractivity contribution in [3.63, 3.8) is 0 Å². The van der Waals surface area contributed by atoms with E-state index in [1.54, 1.807) is 24.3 Å². The Morgan fingerprint density at radius 2 is 1.05 bits per heavy atom. The van der Waals surface area contributed by atoms with Gasteiger partial charge in [0.25, 0.3) is 0 Å². The van der Waals surface area contributed by atoms with E-state index in [2.05, 4.69) is 20.6 Å². The molecule has 9 rings (SSSR count). The summed E-state index contributed by atoms with van der Waals surface area (Å²) < 4.78 is 42.6. The molecule has 79 heavy (non-hydrogen) atoms. The molecule has 0 spiro atoms. The molecule has 0 radical (unpaired) electrons. The van der Waals surface area contributed by atoms with Gasteiger partial charge in [-0.2, -0.15) is 0 Å². The molecule has 2 aliphatic heterocycles. The Kier molecular flexibility index (Phi) is 15.6. The number of aryl methyl sites for hydroxylation is 2. The lowest BCUT2D eigenvalue weighted by Crippen LogP contribution is -2.31. The fraction of sp³-hybridized carbons (Fsp3) is 0.339. The van der Waals surface area contributed by atoms with Gasteiger partial charge in [0.05, 0.1) is 13.1 Å². The number of rotatable bonds is 16. The summed E-state index contributed by atoms with van der Waals surface area (Å²) in [5.74, 6) is -1.14. The number of phenols is 1. The number of carbonyl (C=O) groups excluding carboxylic acids is 3. The van der Waals surface area contributed by atoms with E-state index in [1.807, 2.05) is 81.4 Å². The van der Waals surface area contributed by atoms with E-state index in [-0.39, 0.29) is 56.3 Å². The van der Waals surface area contributed by atoms with Crippen molar-refractivity contribution >= 4 is 51.5 Å². The maximum atomic E-state index is 14.0. The number of ether oxygens (including phenoxy) is 5. The topological polar surface area (TPSA) is 227 Å². The lowest BCUT2D eigenvalue weighted by molar-refractivity contribution is 0.00268. The zero-order chi connectivity index (χ0) is 56.5. The van der Waals surface area contributed by atoms with Crippen LogP contribution in [0.1, 0.15) is 118 Å². The standard InChI is InChI=1S/C62H64N4O13/c1-33-25-41(61(5,6)7)56(35(3)39(33)27-52-63-21-22-64-52)78-59(71)50-29-44(68)54-46(17-13-19-48(54)76-50)73-31-37(75-58(70)38-15-11-12-16-43(38)67)32-74-47-18-14-20-49-55(47)45(69)30-51(77-49)60(72)79-57-36(4)40(28-53-65-23-24-66-53)34(2)26-42(57)62(8,9)10/h11-20,25-26,29-30,37,67H,21-24,27-28,31-32H2,1-10H3,(H,63,64)(H,65,66). The van der Waals surface area contributed by atoms with Gasteiger partial charge in [-0.15, -0.1) is 0 Å². The van der Waals surface area contributed by atoms with Crippen molar-refractivity contribution in [1.82, 2.24) is 10.6 Å². The minimum atomic E-state index is -1.24. The van der Waals surface area contributed by atoms with Crippen LogP contribution in [0.15, 0.2) is 113 Å². The van der Waals surface area contributed by atoms with Gasteiger partial charge in [-0.05, 0) is 108 Å². The van der Waals surface area contributed by atoms with Crippen LogP contribution in [-0.2, 0) is 28.4 Å². The number of aromatic hydroxyl groups is 1. The molecule has 7 aromatic rings. The molecule has 410 valence electrons. The van der Waals surface area contributed by atoms with Crippen LogP contribution in [0.5, 0.6) is 28.7 Å². The first-order valence-corrected chi connectivity index (χ1v) is 26.2. The summed E-state index contributed by atoms with van der Waals surface area (Å²) >= 11 is 0. The van der Waals surface area contributed by atoms with Gasteiger partial charge < -0.3 is 48.3 Å². The Hall–Kier alpha value is -8.73. The van der Waals surface area contributed by atoms with Crippen molar-refractivity contribution in [3.05, 3.63) is 167 Å². The molecule has 2 aliphatic rings. The third kappa shape index (κ3) is 11.9. The van der Waals surface area contributed by atoms with Crippen LogP contribution in [0, 0.1) is 27.7 Å². The van der Waals surface area contributed by atoms with E-state index in [4.69, 9.17) is 32.5 Å². The Bertz CT molecular complexity index is 3550. The summed E-state index contributed by atoms with van der Waals surface area (Å²) in [5.41, 5.74) is 4.99. The maximum Gasteiger partial charge on any atom is 0.379 e. The highest BCUT2D eigenvalue weighted by Gasteiger charge is 2.31. The smallest absolute Gasteiger partial charge is 0.379 e. The molecule has 3 N–H and O–H groups in total. The van der Waals surface area contributed by atoms with Crippen LogP contribution < -0.4 is 40.4 Å². The lowest BCUT2D eigenvalue weighted by Gasteiger charge is -2.26. The quantitative estimate of drug-likeness (QED) is 0.0605. The van der Waals surface area contributed by atoms with Crippen LogP contribution >= 0.6 is 0 Å². The number of benzene rings is 5. The summed E-state index contributed by atoms with van der Waals surface area (Å²) in [5, 5.41) is 17.1. The second kappa shape index (κ2) is 22.3. The molecule has 0 saturated heterocycles. The predicted molar refractivity (Wildman–Crippen MR) is 300 cm³/mol. The Labute approximate surface area is 456 Å². The number of hydrogen-bond acceptors (Lipinski definition) is 17. The van der Waals surface area contributed by atoms with E-state index in [0.29, 0.717) is 37.4 Å². The molecule has 0 atom stereocenters. The van der Waals surface area contributed by atoms with Crippen molar-refractivity contribution in [2.45, 2.75) is 99.0 Å². The first-order chi connectivity index (χ1) is 37.5. The molecule has 0 saturated carbocycles. The number of carbonyl (C=O) groups is 3. The third-order valence-electron chi connectivity index (χ3n) is 14.0. The highest BCUT2D eigenvalue weighted by Crippen LogP contribution is 2.40. The van der Waals surface area contributed by atoms with Gasteiger partial charge in [0, 0.05) is 49.2 Å². The zero-order valence-electron chi connectivity index (χ0n) is 46.1. The fourth-order valence-corrected chi connectivity index (χ4v) is 9.82. The molecule has 17 heteroatoms. The minimum Gasteiger partial charge on any atom is -0.507 e. The first kappa shape index (κ1) is 55.0. The Morgan fingerprint density at radius 1 is 0.608 bits per heavy atom. The number of amidine groups is 2. The van der Waals surface area contributed by atoms with Crippen LogP contribution in [0.25, 0.3) is 21.9 Å². The van der Waals surface area contributed by atoms with Gasteiger partial charge in [-0.3, -0.25) is 19.6 Å². The molecule has 0 unspecified atom stereocenters. The molecule has 0 bridgehead atoms. The van der Waals surface area contributed by atoms with E-state index >= 15 is 0 Å². The van der Waals surface area contributed by atoms with Crippen molar-refractivity contribution < 1.29 is 52.0 Å². The van der Waals surface area contributed by atoms with Crippen LogP contribution in [-0.4, -0.2) is 80.2 Å².